The van der Waals surface area contributed by atoms with Gasteiger partial charge in [0.2, 0.25) is 0 Å². The van der Waals surface area contributed by atoms with Crippen LogP contribution in [-0.4, -0.2) is 43.5 Å². The lowest BCUT2D eigenvalue weighted by molar-refractivity contribution is 0.0949. The van der Waals surface area contributed by atoms with Gasteiger partial charge in [-0.3, -0.25) is 4.79 Å². The van der Waals surface area contributed by atoms with Gasteiger partial charge >= 0.3 is 0 Å². The Hall–Kier alpha value is -1.83. The highest BCUT2D eigenvalue weighted by Gasteiger charge is 2.25. The molecule has 0 saturated heterocycles. The molecule has 0 unspecified atom stereocenters. The van der Waals surface area contributed by atoms with Crippen molar-refractivity contribution in [2.45, 2.75) is 18.9 Å². The number of nitrogens with zero attached hydrogens (tertiary/aromatic N) is 1. The Labute approximate surface area is 120 Å². The summed E-state index contributed by atoms with van der Waals surface area (Å²) in [6.07, 6.45) is 2.56. The summed E-state index contributed by atoms with van der Waals surface area (Å²) in [5.74, 6) is 5.65. The van der Waals surface area contributed by atoms with Crippen LogP contribution in [-0.2, 0) is 0 Å². The predicted octanol–water partition coefficient (Wildman–Crippen LogP) is 0.821. The number of hydrogen-bond acceptors (Lipinski definition) is 3. The lowest BCUT2D eigenvalue weighted by Crippen LogP contribution is -2.34. The summed E-state index contributed by atoms with van der Waals surface area (Å²) >= 11 is 0. The Morgan fingerprint density at radius 1 is 1.45 bits per heavy atom. The first-order valence-electron chi connectivity index (χ1n) is 6.98. The molecule has 1 aromatic rings. The summed E-state index contributed by atoms with van der Waals surface area (Å²) in [7, 11) is 2.10. The molecule has 0 spiro atoms. The number of nitrogens with two attached hydrogens (primary N) is 1. The standard InChI is InChI=1S/C16H21N3O/c1-19(14-8-9-14)12-11-18-16(20)15-7-3-2-5-13(15)6-4-10-17/h2-3,5,7,14H,8-12,17H2,1H3,(H,18,20). The van der Waals surface area contributed by atoms with E-state index in [0.717, 1.165) is 18.2 Å². The number of carbonyl (C=O) groups is 1. The molecule has 4 heteroatoms. The normalized spacial score (nSPS) is 13.8. The lowest BCUT2D eigenvalue weighted by Gasteiger charge is -2.15. The molecule has 1 aliphatic carbocycles. The van der Waals surface area contributed by atoms with Gasteiger partial charge in [-0.1, -0.05) is 24.0 Å². The zero-order valence-corrected chi connectivity index (χ0v) is 11.9. The van der Waals surface area contributed by atoms with Crippen LogP contribution in [0.3, 0.4) is 0 Å². The summed E-state index contributed by atoms with van der Waals surface area (Å²) < 4.78 is 0. The van der Waals surface area contributed by atoms with Crippen molar-refractivity contribution in [3.05, 3.63) is 35.4 Å². The van der Waals surface area contributed by atoms with Gasteiger partial charge in [0.15, 0.2) is 0 Å². The van der Waals surface area contributed by atoms with Gasteiger partial charge in [0.05, 0.1) is 12.1 Å². The smallest absolute Gasteiger partial charge is 0.252 e. The molecule has 0 aromatic heterocycles. The van der Waals surface area contributed by atoms with E-state index in [9.17, 15) is 4.79 Å². The topological polar surface area (TPSA) is 58.4 Å². The molecule has 4 nitrogen and oxygen atoms in total. The van der Waals surface area contributed by atoms with Gasteiger partial charge in [-0.15, -0.1) is 0 Å². The van der Waals surface area contributed by atoms with Crippen LogP contribution in [0.5, 0.6) is 0 Å². The van der Waals surface area contributed by atoms with E-state index in [1.807, 2.05) is 18.2 Å². The first-order valence-corrected chi connectivity index (χ1v) is 6.98. The minimum absolute atomic E-state index is 0.0730. The van der Waals surface area contributed by atoms with Crippen LogP contribution < -0.4 is 11.1 Å². The third-order valence-corrected chi connectivity index (χ3v) is 3.42. The fraction of sp³-hybridized carbons (Fsp3) is 0.438. The molecule has 2 rings (SSSR count). The summed E-state index contributed by atoms with van der Waals surface area (Å²) in [6, 6.07) is 8.07. The van der Waals surface area contributed by atoms with E-state index in [2.05, 4.69) is 29.1 Å². The number of benzene rings is 1. The maximum atomic E-state index is 12.2. The molecule has 1 fully saturated rings. The summed E-state index contributed by atoms with van der Waals surface area (Å²) in [5.41, 5.74) is 6.71. The molecule has 3 N–H and O–H groups in total. The van der Waals surface area contributed by atoms with Gasteiger partial charge in [-0.05, 0) is 32.0 Å². The third-order valence-electron chi connectivity index (χ3n) is 3.42. The van der Waals surface area contributed by atoms with Crippen LogP contribution in [0, 0.1) is 11.8 Å². The molecule has 1 amide bonds. The molecule has 0 bridgehead atoms. The van der Waals surface area contributed by atoms with E-state index in [4.69, 9.17) is 5.73 Å². The fourth-order valence-corrected chi connectivity index (χ4v) is 2.08. The van der Waals surface area contributed by atoms with Crippen molar-refractivity contribution in [2.75, 3.05) is 26.7 Å². The quantitative estimate of drug-likeness (QED) is 0.780. The Morgan fingerprint density at radius 2 is 2.20 bits per heavy atom. The van der Waals surface area contributed by atoms with Gasteiger partial charge in [0, 0.05) is 24.7 Å². The molecular weight excluding hydrogens is 250 g/mol. The van der Waals surface area contributed by atoms with Crippen molar-refractivity contribution < 1.29 is 4.79 Å². The van der Waals surface area contributed by atoms with Crippen LogP contribution in [0.2, 0.25) is 0 Å². The van der Waals surface area contributed by atoms with Crippen LogP contribution in [0.4, 0.5) is 0 Å². The largest absolute Gasteiger partial charge is 0.351 e. The molecular formula is C16H21N3O. The molecule has 1 saturated carbocycles. The molecule has 1 aromatic carbocycles. The minimum atomic E-state index is -0.0730. The molecule has 20 heavy (non-hydrogen) atoms. The van der Waals surface area contributed by atoms with Gasteiger partial charge in [-0.2, -0.15) is 0 Å². The highest BCUT2D eigenvalue weighted by molar-refractivity contribution is 5.96. The van der Waals surface area contributed by atoms with Gasteiger partial charge in [-0.25, -0.2) is 0 Å². The SMILES string of the molecule is CN(CCNC(=O)c1ccccc1C#CCN)C1CC1. The van der Waals surface area contributed by atoms with Gasteiger partial charge in [0.1, 0.15) is 0 Å². The van der Waals surface area contributed by atoms with Crippen molar-refractivity contribution >= 4 is 5.91 Å². The minimum Gasteiger partial charge on any atom is -0.351 e. The number of rotatable bonds is 5. The second kappa shape index (κ2) is 7.09. The van der Waals surface area contributed by atoms with E-state index < -0.39 is 0 Å². The van der Waals surface area contributed by atoms with E-state index in [0.29, 0.717) is 18.7 Å². The molecule has 106 valence electrons. The average Bonchev–Trinajstić information content (AvgIpc) is 3.29. The zero-order valence-electron chi connectivity index (χ0n) is 11.9. The molecule has 0 atom stereocenters. The zero-order chi connectivity index (χ0) is 14.4. The van der Waals surface area contributed by atoms with E-state index in [-0.39, 0.29) is 5.91 Å². The average molecular weight is 271 g/mol. The first kappa shape index (κ1) is 14.6. The van der Waals surface area contributed by atoms with E-state index >= 15 is 0 Å². The molecule has 0 radical (unpaired) electrons. The summed E-state index contributed by atoms with van der Waals surface area (Å²) in [5, 5.41) is 2.95. The van der Waals surface area contributed by atoms with Crippen molar-refractivity contribution in [1.29, 1.82) is 0 Å². The van der Waals surface area contributed by atoms with E-state index in [1.165, 1.54) is 12.8 Å². The van der Waals surface area contributed by atoms with E-state index in [1.54, 1.807) is 6.07 Å². The van der Waals surface area contributed by atoms with Gasteiger partial charge < -0.3 is 16.0 Å². The Morgan fingerprint density at radius 3 is 2.90 bits per heavy atom. The summed E-state index contributed by atoms with van der Waals surface area (Å²) in [6.45, 7) is 1.83. The number of nitrogens with one attached hydrogen (secondary N) is 1. The van der Waals surface area contributed by atoms with Crippen LogP contribution in [0.25, 0.3) is 0 Å². The van der Waals surface area contributed by atoms with Crippen molar-refractivity contribution in [1.82, 2.24) is 10.2 Å². The maximum Gasteiger partial charge on any atom is 0.252 e. The second-order valence-electron chi connectivity index (χ2n) is 5.02. The molecule has 1 aliphatic rings. The molecule has 0 heterocycles. The number of likely N-dealkylation sites (N-methyl/N-ethyl adjacent to an activating group) is 1. The Bertz CT molecular complexity index is 526. The lowest BCUT2D eigenvalue weighted by atomic mass is 10.1. The predicted molar refractivity (Wildman–Crippen MR) is 80.4 cm³/mol. The second-order valence-corrected chi connectivity index (χ2v) is 5.02. The highest BCUT2D eigenvalue weighted by atomic mass is 16.1. The number of hydrogen-bond donors (Lipinski definition) is 2. The fourth-order valence-electron chi connectivity index (χ4n) is 2.08. The molecule has 0 aliphatic heterocycles. The van der Waals surface area contributed by atoms with Crippen molar-refractivity contribution in [3.8, 4) is 11.8 Å². The highest BCUT2D eigenvalue weighted by Crippen LogP contribution is 2.24. The van der Waals surface area contributed by atoms with Crippen molar-refractivity contribution in [2.24, 2.45) is 5.73 Å². The van der Waals surface area contributed by atoms with Gasteiger partial charge in [0.25, 0.3) is 5.91 Å². The van der Waals surface area contributed by atoms with Crippen molar-refractivity contribution in [3.63, 3.8) is 0 Å². The van der Waals surface area contributed by atoms with Crippen LogP contribution >= 0.6 is 0 Å². The number of amides is 1. The number of carbonyl (C=O) groups excluding carboxylic acids is 1. The van der Waals surface area contributed by atoms with Crippen LogP contribution in [0.1, 0.15) is 28.8 Å². The monoisotopic (exact) mass is 271 g/mol. The maximum absolute atomic E-state index is 12.2. The Kier molecular flexibility index (Phi) is 5.16. The summed E-state index contributed by atoms with van der Waals surface area (Å²) in [4.78, 5) is 14.5. The third kappa shape index (κ3) is 4.09. The Balaban J connectivity index is 1.91. The first-order chi connectivity index (χ1) is 9.72. The van der Waals surface area contributed by atoms with Crippen LogP contribution in [0.15, 0.2) is 24.3 Å².